The number of thioether (sulfide) groups is 2. The van der Waals surface area contributed by atoms with Crippen LogP contribution in [-0.4, -0.2) is 17.6 Å². The molecule has 72 valence electrons. The zero-order valence-corrected chi connectivity index (χ0v) is 9.71. The third kappa shape index (κ3) is 2.66. The van der Waals surface area contributed by atoms with Crippen LogP contribution in [0.3, 0.4) is 0 Å². The average molecular weight is 214 g/mol. The summed E-state index contributed by atoms with van der Waals surface area (Å²) in [5.41, 5.74) is 1.02. The van der Waals surface area contributed by atoms with Crippen molar-refractivity contribution in [1.82, 2.24) is 0 Å². The van der Waals surface area contributed by atoms with Crippen LogP contribution in [0, 0.1) is 0 Å². The van der Waals surface area contributed by atoms with E-state index in [4.69, 9.17) is 0 Å². The predicted octanol–water partition coefficient (Wildman–Crippen LogP) is 3.18. The first-order valence-electron chi connectivity index (χ1n) is 4.09. The van der Waals surface area contributed by atoms with Gasteiger partial charge in [-0.25, -0.2) is 0 Å². The minimum absolute atomic E-state index is 0.377. The highest BCUT2D eigenvalue weighted by atomic mass is 32.2. The maximum Gasteiger partial charge on any atom is 0.0772 e. The van der Waals surface area contributed by atoms with E-state index in [0.717, 1.165) is 5.56 Å². The molecule has 0 aliphatic heterocycles. The smallest absolute Gasteiger partial charge is 0.0772 e. The first-order chi connectivity index (χ1) is 6.19. The summed E-state index contributed by atoms with van der Waals surface area (Å²) >= 11 is 3.40. The van der Waals surface area contributed by atoms with Gasteiger partial charge in [0.15, 0.2) is 0 Å². The van der Waals surface area contributed by atoms with E-state index in [1.54, 1.807) is 30.4 Å². The van der Waals surface area contributed by atoms with Crippen LogP contribution < -0.4 is 0 Å². The van der Waals surface area contributed by atoms with Crippen LogP contribution in [0.2, 0.25) is 0 Å². The summed E-state index contributed by atoms with van der Waals surface area (Å²) in [6, 6.07) is 6.17. The fourth-order valence-corrected chi connectivity index (χ4v) is 2.40. The van der Waals surface area contributed by atoms with Crippen LogP contribution in [-0.2, 0) is 0 Å². The van der Waals surface area contributed by atoms with Crippen LogP contribution in [0.25, 0.3) is 0 Å². The maximum atomic E-state index is 9.48. The van der Waals surface area contributed by atoms with E-state index < -0.39 is 0 Å². The van der Waals surface area contributed by atoms with Crippen LogP contribution >= 0.6 is 23.5 Å². The molecule has 0 aliphatic rings. The van der Waals surface area contributed by atoms with E-state index in [0.29, 0.717) is 0 Å². The molecule has 0 amide bonds. The Balaban J connectivity index is 3.08. The molecule has 0 aliphatic carbocycles. The number of hydrogen-bond donors (Lipinski definition) is 1. The Morgan fingerprint density at radius 3 is 2.38 bits per heavy atom. The van der Waals surface area contributed by atoms with Crippen LogP contribution in [0.4, 0.5) is 0 Å². The number of aliphatic hydroxyl groups excluding tert-OH is 1. The van der Waals surface area contributed by atoms with Crippen molar-refractivity contribution in [1.29, 1.82) is 0 Å². The molecule has 0 saturated carbocycles. The van der Waals surface area contributed by atoms with Crippen molar-refractivity contribution in [2.45, 2.75) is 22.8 Å². The quantitative estimate of drug-likeness (QED) is 0.780. The summed E-state index contributed by atoms with van der Waals surface area (Å²) in [7, 11) is 0. The van der Waals surface area contributed by atoms with Crippen molar-refractivity contribution in [3.63, 3.8) is 0 Å². The molecule has 1 atom stereocenters. The largest absolute Gasteiger partial charge is 0.389 e. The lowest BCUT2D eigenvalue weighted by Gasteiger charge is -2.10. The fraction of sp³-hybridized carbons (Fsp3) is 0.400. The molecular formula is C10H14OS2. The molecule has 1 N–H and O–H groups in total. The third-order valence-electron chi connectivity index (χ3n) is 1.89. The topological polar surface area (TPSA) is 20.2 Å². The zero-order valence-electron chi connectivity index (χ0n) is 8.07. The van der Waals surface area contributed by atoms with Crippen molar-refractivity contribution in [2.75, 3.05) is 12.5 Å². The minimum atomic E-state index is -0.377. The second-order valence-electron chi connectivity index (χ2n) is 2.78. The summed E-state index contributed by atoms with van der Waals surface area (Å²) in [5.74, 6) is 0. The third-order valence-corrected chi connectivity index (χ3v) is 3.41. The fourth-order valence-electron chi connectivity index (χ4n) is 1.16. The minimum Gasteiger partial charge on any atom is -0.389 e. The van der Waals surface area contributed by atoms with Gasteiger partial charge in [0.05, 0.1) is 6.10 Å². The van der Waals surface area contributed by atoms with E-state index >= 15 is 0 Å². The Hall–Kier alpha value is -0.120. The SMILES string of the molecule is CSc1ccc(C(C)O)c(SC)c1. The molecule has 1 aromatic rings. The highest BCUT2D eigenvalue weighted by Crippen LogP contribution is 2.29. The number of benzene rings is 1. The summed E-state index contributed by atoms with van der Waals surface area (Å²) in [5, 5.41) is 9.48. The van der Waals surface area contributed by atoms with Crippen molar-refractivity contribution in [2.24, 2.45) is 0 Å². The van der Waals surface area contributed by atoms with E-state index in [-0.39, 0.29) is 6.10 Å². The Morgan fingerprint density at radius 1 is 1.23 bits per heavy atom. The molecule has 3 heteroatoms. The zero-order chi connectivity index (χ0) is 9.84. The Kier molecular flexibility index (Phi) is 4.16. The van der Waals surface area contributed by atoms with Crippen LogP contribution in [0.1, 0.15) is 18.6 Å². The molecule has 1 nitrogen and oxygen atoms in total. The Morgan fingerprint density at radius 2 is 1.92 bits per heavy atom. The molecule has 0 heterocycles. The van der Waals surface area contributed by atoms with Gasteiger partial charge in [0.1, 0.15) is 0 Å². The van der Waals surface area contributed by atoms with Crippen molar-refractivity contribution < 1.29 is 5.11 Å². The molecule has 1 aromatic carbocycles. The first-order valence-corrected chi connectivity index (χ1v) is 6.54. The monoisotopic (exact) mass is 214 g/mol. The van der Waals surface area contributed by atoms with E-state index in [2.05, 4.69) is 12.3 Å². The van der Waals surface area contributed by atoms with Crippen molar-refractivity contribution in [3.05, 3.63) is 23.8 Å². The molecule has 1 unspecified atom stereocenters. The summed E-state index contributed by atoms with van der Waals surface area (Å²) < 4.78 is 0. The molecule has 0 fully saturated rings. The Bertz CT molecular complexity index is 284. The van der Waals surface area contributed by atoms with Crippen molar-refractivity contribution >= 4 is 23.5 Å². The van der Waals surface area contributed by atoms with Crippen LogP contribution in [0.15, 0.2) is 28.0 Å². The van der Waals surface area contributed by atoms with Gasteiger partial charge in [0.25, 0.3) is 0 Å². The summed E-state index contributed by atoms with van der Waals surface area (Å²) in [6.07, 6.45) is 3.71. The van der Waals surface area contributed by atoms with E-state index in [9.17, 15) is 5.11 Å². The lowest BCUT2D eigenvalue weighted by atomic mass is 10.1. The molecule has 13 heavy (non-hydrogen) atoms. The average Bonchev–Trinajstić information content (AvgIpc) is 2.16. The standard InChI is InChI=1S/C10H14OS2/c1-7(11)9-5-4-8(12-2)6-10(9)13-3/h4-7,11H,1-3H3. The van der Waals surface area contributed by atoms with Gasteiger partial charge >= 0.3 is 0 Å². The van der Waals surface area contributed by atoms with Gasteiger partial charge in [-0.2, -0.15) is 0 Å². The maximum absolute atomic E-state index is 9.48. The van der Waals surface area contributed by atoms with E-state index in [1.807, 2.05) is 18.4 Å². The van der Waals surface area contributed by atoms with Crippen molar-refractivity contribution in [3.8, 4) is 0 Å². The highest BCUT2D eigenvalue weighted by molar-refractivity contribution is 7.99. The first kappa shape index (κ1) is 11.0. The highest BCUT2D eigenvalue weighted by Gasteiger charge is 2.07. The number of hydrogen-bond acceptors (Lipinski definition) is 3. The molecule has 0 spiro atoms. The number of rotatable bonds is 3. The van der Waals surface area contributed by atoms with Crippen LogP contribution in [0.5, 0.6) is 0 Å². The van der Waals surface area contributed by atoms with Gasteiger partial charge in [-0.3, -0.25) is 0 Å². The molecule has 0 radical (unpaired) electrons. The second kappa shape index (κ2) is 4.94. The molecular weight excluding hydrogens is 200 g/mol. The summed E-state index contributed by atoms with van der Waals surface area (Å²) in [4.78, 5) is 2.41. The predicted molar refractivity (Wildman–Crippen MR) is 60.6 cm³/mol. The molecule has 0 saturated heterocycles. The summed E-state index contributed by atoms with van der Waals surface area (Å²) in [6.45, 7) is 1.80. The molecule has 1 rings (SSSR count). The molecule has 0 bridgehead atoms. The van der Waals surface area contributed by atoms with Gasteiger partial charge in [-0.1, -0.05) is 6.07 Å². The van der Waals surface area contributed by atoms with Gasteiger partial charge in [0, 0.05) is 9.79 Å². The van der Waals surface area contributed by atoms with Gasteiger partial charge in [0.2, 0.25) is 0 Å². The Labute approximate surface area is 87.9 Å². The van der Waals surface area contributed by atoms with Gasteiger partial charge < -0.3 is 5.11 Å². The lowest BCUT2D eigenvalue weighted by molar-refractivity contribution is 0.196. The lowest BCUT2D eigenvalue weighted by Crippen LogP contribution is -1.93. The van der Waals surface area contributed by atoms with E-state index in [1.165, 1.54) is 9.79 Å². The van der Waals surface area contributed by atoms with Gasteiger partial charge in [-0.05, 0) is 37.1 Å². The number of aliphatic hydroxyl groups is 1. The van der Waals surface area contributed by atoms with Gasteiger partial charge in [-0.15, -0.1) is 23.5 Å². The molecule has 0 aromatic heterocycles. The normalized spacial score (nSPS) is 12.9. The second-order valence-corrected chi connectivity index (χ2v) is 4.51.